The van der Waals surface area contributed by atoms with Gasteiger partial charge >= 0.3 is 0 Å². The molecule has 230 valence electrons. The minimum Gasteiger partial charge on any atom is -0.396 e. The molecule has 5 rings (SSSR count). The van der Waals surface area contributed by atoms with Gasteiger partial charge in [-0.15, -0.1) is 0 Å². The normalized spacial score (nSPS) is 18.4. The summed E-state index contributed by atoms with van der Waals surface area (Å²) >= 11 is 0. The number of morpholine rings is 1. The van der Waals surface area contributed by atoms with Crippen LogP contribution in [0.25, 0.3) is 22.4 Å². The lowest BCUT2D eigenvalue weighted by molar-refractivity contribution is 0.0374. The predicted octanol–water partition coefficient (Wildman–Crippen LogP) is 4.71. The molecule has 2 N–H and O–H groups in total. The fraction of sp³-hybridized carbons (Fsp3) is 0.455. The Bertz CT molecular complexity index is 1470. The van der Waals surface area contributed by atoms with E-state index in [1.807, 2.05) is 55.4 Å². The number of pyridine rings is 1. The molecule has 0 aliphatic carbocycles. The molecular formula is C33H41FN4O4S. The van der Waals surface area contributed by atoms with Crippen LogP contribution in [0.5, 0.6) is 0 Å². The first-order chi connectivity index (χ1) is 20.7. The maximum atomic E-state index is 14.1. The number of benzene rings is 2. The van der Waals surface area contributed by atoms with Gasteiger partial charge in [-0.25, -0.2) is 17.9 Å². The molecule has 43 heavy (non-hydrogen) atoms. The molecule has 2 aliphatic heterocycles. The van der Waals surface area contributed by atoms with Crippen molar-refractivity contribution in [2.75, 3.05) is 46.0 Å². The first-order valence-corrected chi connectivity index (χ1v) is 16.0. The molecule has 0 saturated carbocycles. The average Bonchev–Trinajstić information content (AvgIpc) is 3.36. The van der Waals surface area contributed by atoms with Crippen molar-refractivity contribution in [2.24, 2.45) is 0 Å². The Morgan fingerprint density at radius 1 is 1.09 bits per heavy atom. The second kappa shape index (κ2) is 13.7. The summed E-state index contributed by atoms with van der Waals surface area (Å²) in [6, 6.07) is 15.6. The number of hydrogen-bond donors (Lipinski definition) is 2. The van der Waals surface area contributed by atoms with E-state index in [0.29, 0.717) is 30.9 Å². The van der Waals surface area contributed by atoms with Gasteiger partial charge in [-0.1, -0.05) is 30.3 Å². The first-order valence-electron chi connectivity index (χ1n) is 14.9. The fourth-order valence-electron chi connectivity index (χ4n) is 5.74. The van der Waals surface area contributed by atoms with Crippen molar-refractivity contribution in [3.8, 4) is 22.4 Å². The summed E-state index contributed by atoms with van der Waals surface area (Å²) in [5, 5.41) is 13.1. The number of aliphatic hydroxyl groups is 1. The zero-order valence-electron chi connectivity index (χ0n) is 25.1. The number of hydrogen-bond acceptors (Lipinski definition) is 6. The van der Waals surface area contributed by atoms with Crippen LogP contribution >= 0.6 is 0 Å². The number of rotatable bonds is 10. The van der Waals surface area contributed by atoms with Crippen LogP contribution in [0.4, 0.5) is 4.39 Å². The van der Waals surface area contributed by atoms with Crippen LogP contribution in [0.15, 0.2) is 54.6 Å². The van der Waals surface area contributed by atoms with Gasteiger partial charge in [-0.3, -0.25) is 9.69 Å². The molecule has 2 aliphatic rings. The van der Waals surface area contributed by atoms with E-state index in [4.69, 9.17) is 9.72 Å². The number of carbonyl (C=O) groups is 1. The molecule has 1 saturated heterocycles. The van der Waals surface area contributed by atoms with Gasteiger partial charge in [-0.05, 0) is 81.1 Å². The Labute approximate surface area is 255 Å². The molecule has 1 fully saturated rings. The summed E-state index contributed by atoms with van der Waals surface area (Å²) in [5.74, 6) is -0.584. The molecule has 1 amide bonds. The van der Waals surface area contributed by atoms with E-state index >= 15 is 0 Å². The molecule has 3 heterocycles. The highest BCUT2D eigenvalue weighted by molar-refractivity contribution is 7.84. The smallest absolute Gasteiger partial charge is 0.269 e. The van der Waals surface area contributed by atoms with Crippen molar-refractivity contribution < 1.29 is 23.2 Å². The van der Waals surface area contributed by atoms with Gasteiger partial charge < -0.3 is 15.2 Å². The van der Waals surface area contributed by atoms with Gasteiger partial charge in [-0.2, -0.15) is 0 Å². The lowest BCUT2D eigenvalue weighted by atomic mass is 9.94. The largest absolute Gasteiger partial charge is 0.396 e. The quantitative estimate of drug-likeness (QED) is 0.324. The summed E-state index contributed by atoms with van der Waals surface area (Å²) in [6.45, 7) is 10.8. The van der Waals surface area contributed by atoms with Gasteiger partial charge in [0.05, 0.1) is 29.7 Å². The van der Waals surface area contributed by atoms with E-state index in [1.165, 1.54) is 12.1 Å². The van der Waals surface area contributed by atoms with Crippen molar-refractivity contribution in [3.05, 3.63) is 77.2 Å². The monoisotopic (exact) mass is 608 g/mol. The molecule has 0 radical (unpaired) electrons. The van der Waals surface area contributed by atoms with Crippen LogP contribution < -0.4 is 5.32 Å². The van der Waals surface area contributed by atoms with E-state index in [-0.39, 0.29) is 24.4 Å². The van der Waals surface area contributed by atoms with Crippen LogP contribution in [0.3, 0.4) is 0 Å². The third-order valence-electron chi connectivity index (χ3n) is 7.86. The van der Waals surface area contributed by atoms with Crippen LogP contribution in [0.1, 0.15) is 61.3 Å². The number of amides is 1. The second-order valence-electron chi connectivity index (χ2n) is 12.0. The molecule has 8 nitrogen and oxygen atoms in total. The number of ether oxygens (including phenoxy) is 1. The third kappa shape index (κ3) is 7.38. The van der Waals surface area contributed by atoms with Gasteiger partial charge in [0.2, 0.25) is 0 Å². The number of carbonyl (C=O) groups excluding carboxylic acids is 1. The van der Waals surface area contributed by atoms with E-state index in [2.05, 4.69) is 10.2 Å². The Morgan fingerprint density at radius 2 is 1.79 bits per heavy atom. The maximum absolute atomic E-state index is 14.1. The number of nitrogens with zero attached hydrogens (tertiary/aromatic N) is 3. The topological polar surface area (TPSA) is 95.0 Å². The number of halogens is 1. The summed E-state index contributed by atoms with van der Waals surface area (Å²) in [7, 11) is -1.36. The van der Waals surface area contributed by atoms with Crippen molar-refractivity contribution >= 4 is 16.9 Å². The van der Waals surface area contributed by atoms with Crippen LogP contribution in [0.2, 0.25) is 0 Å². The molecule has 1 unspecified atom stereocenters. The van der Waals surface area contributed by atoms with Crippen molar-refractivity contribution in [1.82, 2.24) is 19.5 Å². The molecule has 2 aromatic carbocycles. The standard InChI is InChI=1S/C33H41FN4O4S/c1-33(2,3)43(41)38-22-26-21-28(32(40)35-12-6-13-37-14-17-42-18-15-37)36-31(30(26)29(38)11-16-39)25-9-4-7-23(19-25)24-8-5-10-27(34)20-24/h4-5,7-10,19-21,29,39H,6,11-18,22H2,1-3H3,(H,35,40)/t29-,43?/m1/s1. The average molecular weight is 609 g/mol. The summed E-state index contributed by atoms with van der Waals surface area (Å²) in [5.41, 5.74) is 4.96. The molecule has 2 atom stereocenters. The SMILES string of the molecule is CC(C)(C)S(=O)N1Cc2cc(C(=O)NCCCN3CCOCC3)nc(-c3cccc(-c4cccc(F)c4)c3)c2[C@H]1CCO. The highest BCUT2D eigenvalue weighted by Crippen LogP contribution is 2.44. The molecule has 0 bridgehead atoms. The minimum absolute atomic E-state index is 0.0872. The Morgan fingerprint density at radius 3 is 2.49 bits per heavy atom. The van der Waals surface area contributed by atoms with Crippen LogP contribution in [-0.2, 0) is 22.3 Å². The fourth-order valence-corrected chi connectivity index (χ4v) is 7.14. The number of fused-ring (bicyclic) bond motifs is 1. The van der Waals surface area contributed by atoms with Crippen LogP contribution in [-0.4, -0.2) is 80.2 Å². The van der Waals surface area contributed by atoms with E-state index in [0.717, 1.165) is 67.1 Å². The molecule has 3 aromatic rings. The highest BCUT2D eigenvalue weighted by atomic mass is 32.2. The molecule has 0 spiro atoms. The summed E-state index contributed by atoms with van der Waals surface area (Å²) in [4.78, 5) is 20.7. The van der Waals surface area contributed by atoms with E-state index < -0.39 is 15.7 Å². The van der Waals surface area contributed by atoms with Crippen LogP contribution in [0, 0.1) is 5.82 Å². The maximum Gasteiger partial charge on any atom is 0.269 e. The highest BCUT2D eigenvalue weighted by Gasteiger charge is 2.40. The zero-order chi connectivity index (χ0) is 30.6. The lowest BCUT2D eigenvalue weighted by Gasteiger charge is -2.30. The van der Waals surface area contributed by atoms with Crippen molar-refractivity contribution in [3.63, 3.8) is 0 Å². The number of nitrogens with one attached hydrogen (secondary N) is 1. The second-order valence-corrected chi connectivity index (χ2v) is 14.2. The van der Waals surface area contributed by atoms with Crippen molar-refractivity contribution in [2.45, 2.75) is 50.9 Å². The van der Waals surface area contributed by atoms with Gasteiger partial charge in [0.25, 0.3) is 5.91 Å². The number of aliphatic hydroxyl groups excluding tert-OH is 1. The first kappa shape index (κ1) is 31.4. The van der Waals surface area contributed by atoms with Crippen molar-refractivity contribution in [1.29, 1.82) is 0 Å². The van der Waals surface area contributed by atoms with Gasteiger partial charge in [0, 0.05) is 43.9 Å². The predicted molar refractivity (Wildman–Crippen MR) is 167 cm³/mol. The third-order valence-corrected chi connectivity index (χ3v) is 9.71. The summed E-state index contributed by atoms with van der Waals surface area (Å²) in [6.07, 6.45) is 1.19. The van der Waals surface area contributed by atoms with Gasteiger partial charge in [0.15, 0.2) is 0 Å². The molecule has 1 aromatic heterocycles. The minimum atomic E-state index is -1.36. The lowest BCUT2D eigenvalue weighted by Crippen LogP contribution is -2.38. The Balaban J connectivity index is 1.50. The Kier molecular flexibility index (Phi) is 10.0. The Hall–Kier alpha value is -3.02. The van der Waals surface area contributed by atoms with E-state index in [9.17, 15) is 18.5 Å². The number of aromatic nitrogens is 1. The molecular weight excluding hydrogens is 567 g/mol. The molecule has 10 heteroatoms. The summed E-state index contributed by atoms with van der Waals surface area (Å²) < 4.78 is 34.5. The van der Waals surface area contributed by atoms with Gasteiger partial charge in [0.1, 0.15) is 22.5 Å². The zero-order valence-corrected chi connectivity index (χ0v) is 26.0. The van der Waals surface area contributed by atoms with E-state index in [1.54, 1.807) is 12.1 Å².